The van der Waals surface area contributed by atoms with Gasteiger partial charge in [-0.1, -0.05) is 18.2 Å². The molecule has 2 aromatic carbocycles. The SMILES string of the molecule is Cc1ccc2[nH+]c3ccccc3cc2c1C.O=[N+]([O-])[O-]. The van der Waals surface area contributed by atoms with Crippen molar-refractivity contribution in [3.8, 4) is 0 Å². The maximum Gasteiger partial charge on any atom is 0.211 e. The summed E-state index contributed by atoms with van der Waals surface area (Å²) in [6, 6.07) is 15.0. The average molecular weight is 270 g/mol. The van der Waals surface area contributed by atoms with Crippen molar-refractivity contribution in [3.63, 3.8) is 0 Å². The molecule has 0 bridgehead atoms. The molecular weight excluding hydrogens is 256 g/mol. The molecule has 0 saturated carbocycles. The summed E-state index contributed by atoms with van der Waals surface area (Å²) in [4.78, 5) is 11.7. The van der Waals surface area contributed by atoms with E-state index >= 15 is 0 Å². The Hall–Kier alpha value is -2.69. The second kappa shape index (κ2) is 5.52. The lowest BCUT2D eigenvalue weighted by atomic mass is 10.0. The molecule has 0 spiro atoms. The summed E-state index contributed by atoms with van der Waals surface area (Å²) in [5.41, 5.74) is 5.11. The number of H-pyrrole nitrogens is 1. The lowest BCUT2D eigenvalue weighted by molar-refractivity contribution is -0.402. The van der Waals surface area contributed by atoms with Gasteiger partial charge in [0.1, 0.15) is 0 Å². The molecule has 1 aromatic heterocycles. The Morgan fingerprint density at radius 2 is 1.65 bits per heavy atom. The molecule has 20 heavy (non-hydrogen) atoms. The van der Waals surface area contributed by atoms with Crippen LogP contribution in [0.25, 0.3) is 21.8 Å². The number of aromatic nitrogens is 1. The maximum atomic E-state index is 8.25. The molecule has 3 rings (SSSR count). The van der Waals surface area contributed by atoms with Crippen LogP contribution in [-0.4, -0.2) is 5.09 Å². The fraction of sp³-hybridized carbons (Fsp3) is 0.133. The first-order chi connectivity index (χ1) is 9.49. The van der Waals surface area contributed by atoms with Gasteiger partial charge in [0, 0.05) is 17.5 Å². The van der Waals surface area contributed by atoms with E-state index < -0.39 is 5.09 Å². The highest BCUT2D eigenvalue weighted by Gasteiger charge is 2.08. The molecule has 0 saturated heterocycles. The van der Waals surface area contributed by atoms with Crippen LogP contribution >= 0.6 is 0 Å². The van der Waals surface area contributed by atoms with E-state index in [1.54, 1.807) is 0 Å². The predicted octanol–water partition coefficient (Wildman–Crippen LogP) is 3.18. The summed E-state index contributed by atoms with van der Waals surface area (Å²) >= 11 is 0. The zero-order valence-electron chi connectivity index (χ0n) is 11.2. The number of nitrogens with zero attached hydrogens (tertiary/aromatic N) is 1. The van der Waals surface area contributed by atoms with E-state index in [1.807, 2.05) is 0 Å². The molecule has 5 heteroatoms. The van der Waals surface area contributed by atoms with Gasteiger partial charge in [0.15, 0.2) is 0 Å². The number of aryl methyl sites for hydroxylation is 2. The van der Waals surface area contributed by atoms with Gasteiger partial charge in [0.25, 0.3) is 0 Å². The Kier molecular flexibility index (Phi) is 3.79. The summed E-state index contributed by atoms with van der Waals surface area (Å²) < 4.78 is 0. The van der Waals surface area contributed by atoms with E-state index in [4.69, 9.17) is 15.3 Å². The highest BCUT2D eigenvalue weighted by Crippen LogP contribution is 2.21. The lowest BCUT2D eigenvalue weighted by Gasteiger charge is -2.02. The van der Waals surface area contributed by atoms with Gasteiger partial charge < -0.3 is 15.3 Å². The van der Waals surface area contributed by atoms with Crippen molar-refractivity contribution < 1.29 is 10.1 Å². The Bertz CT molecular complexity index is 781. The minimum absolute atomic E-state index is 1.19. The van der Waals surface area contributed by atoms with Gasteiger partial charge >= 0.3 is 0 Å². The van der Waals surface area contributed by atoms with Crippen LogP contribution in [0.4, 0.5) is 0 Å². The van der Waals surface area contributed by atoms with E-state index in [2.05, 4.69) is 61.3 Å². The van der Waals surface area contributed by atoms with Crippen LogP contribution in [0.1, 0.15) is 11.1 Å². The molecule has 0 aliphatic rings. The molecule has 1 N–H and O–H groups in total. The van der Waals surface area contributed by atoms with Crippen molar-refractivity contribution in [2.75, 3.05) is 0 Å². The summed E-state index contributed by atoms with van der Waals surface area (Å²) in [6.45, 7) is 4.34. The van der Waals surface area contributed by atoms with Crippen LogP contribution in [0.3, 0.4) is 0 Å². The van der Waals surface area contributed by atoms with Crippen molar-refractivity contribution in [3.05, 3.63) is 68.9 Å². The second-order valence-corrected chi connectivity index (χ2v) is 4.55. The van der Waals surface area contributed by atoms with Gasteiger partial charge in [-0.3, -0.25) is 0 Å². The molecule has 0 aliphatic carbocycles. The van der Waals surface area contributed by atoms with Gasteiger partial charge in [-0.2, -0.15) is 0 Å². The molecule has 0 atom stereocenters. The van der Waals surface area contributed by atoms with Gasteiger partial charge in [-0.05, 0) is 37.1 Å². The molecular formula is C15H14N2O3. The van der Waals surface area contributed by atoms with E-state index in [-0.39, 0.29) is 0 Å². The van der Waals surface area contributed by atoms with Crippen molar-refractivity contribution >= 4 is 21.8 Å². The van der Waals surface area contributed by atoms with Crippen molar-refractivity contribution in [2.24, 2.45) is 0 Å². The molecule has 0 fully saturated rings. The topological polar surface area (TPSA) is 80.3 Å². The summed E-state index contributed by atoms with van der Waals surface area (Å²) in [6.07, 6.45) is 0. The molecule has 3 aromatic rings. The number of nitrogens with one attached hydrogen (secondary N) is 1. The fourth-order valence-corrected chi connectivity index (χ4v) is 2.17. The van der Waals surface area contributed by atoms with Crippen LogP contribution in [-0.2, 0) is 0 Å². The van der Waals surface area contributed by atoms with Crippen LogP contribution in [0.15, 0.2) is 42.5 Å². The fourth-order valence-electron chi connectivity index (χ4n) is 2.17. The third kappa shape index (κ3) is 2.83. The first kappa shape index (κ1) is 13.7. The number of pyridine rings is 1. The number of hydrogen-bond donors (Lipinski definition) is 0. The smallest absolute Gasteiger partial charge is 0.211 e. The van der Waals surface area contributed by atoms with Gasteiger partial charge in [0.2, 0.25) is 11.0 Å². The Morgan fingerprint density at radius 3 is 2.35 bits per heavy atom. The second-order valence-electron chi connectivity index (χ2n) is 4.55. The standard InChI is InChI=1S/C15H13N.NO3/c1-10-7-8-15-13(11(10)2)9-12-5-3-4-6-14(12)16-15;2-1(3)4/h3-9H,1-2H3;/q;-1/p+1. The number of hydrogen-bond acceptors (Lipinski definition) is 3. The molecule has 0 radical (unpaired) electrons. The lowest BCUT2D eigenvalue weighted by Crippen LogP contribution is -2.05. The quantitative estimate of drug-likeness (QED) is 0.357. The van der Waals surface area contributed by atoms with Crippen LogP contribution in [0.5, 0.6) is 0 Å². The summed E-state index contributed by atoms with van der Waals surface area (Å²) in [5, 5.41) is 17.3. The zero-order chi connectivity index (χ0) is 14.7. The average Bonchev–Trinajstić information content (AvgIpc) is 2.41. The summed E-state index contributed by atoms with van der Waals surface area (Å²) in [5.74, 6) is 0. The number of rotatable bonds is 0. The van der Waals surface area contributed by atoms with Crippen molar-refractivity contribution in [2.45, 2.75) is 13.8 Å². The highest BCUT2D eigenvalue weighted by atomic mass is 16.9. The van der Waals surface area contributed by atoms with Crippen LogP contribution < -0.4 is 4.98 Å². The molecule has 5 nitrogen and oxygen atoms in total. The van der Waals surface area contributed by atoms with Crippen molar-refractivity contribution in [1.82, 2.24) is 0 Å². The van der Waals surface area contributed by atoms with E-state index in [0.29, 0.717) is 0 Å². The van der Waals surface area contributed by atoms with E-state index in [9.17, 15) is 0 Å². The maximum absolute atomic E-state index is 8.25. The first-order valence-corrected chi connectivity index (χ1v) is 6.11. The van der Waals surface area contributed by atoms with E-state index in [1.165, 1.54) is 32.9 Å². The monoisotopic (exact) mass is 270 g/mol. The zero-order valence-corrected chi connectivity index (χ0v) is 11.2. The first-order valence-electron chi connectivity index (χ1n) is 6.11. The van der Waals surface area contributed by atoms with Gasteiger partial charge in [-0.25, -0.2) is 4.98 Å². The molecule has 1 heterocycles. The highest BCUT2D eigenvalue weighted by molar-refractivity contribution is 5.90. The predicted molar refractivity (Wildman–Crippen MR) is 77.8 cm³/mol. The third-order valence-electron chi connectivity index (χ3n) is 3.32. The van der Waals surface area contributed by atoms with Gasteiger partial charge in [-0.15, -0.1) is 0 Å². The minimum Gasteiger partial charge on any atom is -0.356 e. The molecule has 0 aliphatic heterocycles. The number of aromatic amines is 1. The third-order valence-corrected chi connectivity index (χ3v) is 3.32. The molecule has 0 unspecified atom stereocenters. The molecule has 0 amide bonds. The minimum atomic E-state index is -1.75. The van der Waals surface area contributed by atoms with E-state index in [0.717, 1.165) is 0 Å². The Morgan fingerprint density at radius 1 is 1.00 bits per heavy atom. The van der Waals surface area contributed by atoms with Gasteiger partial charge in [0.05, 0.1) is 10.5 Å². The number of fused-ring (bicyclic) bond motifs is 2. The number of para-hydroxylation sites is 1. The van der Waals surface area contributed by atoms with Crippen LogP contribution in [0.2, 0.25) is 0 Å². The number of benzene rings is 2. The summed E-state index contributed by atoms with van der Waals surface area (Å²) in [7, 11) is 0. The molecule has 102 valence electrons. The normalized spacial score (nSPS) is 10.1. The van der Waals surface area contributed by atoms with Crippen molar-refractivity contribution in [1.29, 1.82) is 0 Å². The largest absolute Gasteiger partial charge is 0.356 e. The Labute approximate surface area is 115 Å². The Balaban J connectivity index is 0.000000328. The van der Waals surface area contributed by atoms with Crippen LogP contribution in [0, 0.1) is 29.2 Å².